The highest BCUT2D eigenvalue weighted by molar-refractivity contribution is 5.97. The number of alkyl halides is 6. The number of nitrogens with zero attached hydrogens (tertiary/aromatic N) is 1. The Bertz CT molecular complexity index is 653. The zero-order valence-electron chi connectivity index (χ0n) is 11.9. The number of carboxylic acids is 1. The van der Waals surface area contributed by atoms with E-state index in [9.17, 15) is 35.9 Å². The van der Waals surface area contributed by atoms with Gasteiger partial charge < -0.3 is 10.0 Å². The van der Waals surface area contributed by atoms with Crippen LogP contribution in [0.4, 0.5) is 26.3 Å². The number of benzene rings is 1. The summed E-state index contributed by atoms with van der Waals surface area (Å²) in [5, 5.41) is 8.83. The van der Waals surface area contributed by atoms with Crippen molar-refractivity contribution in [2.45, 2.75) is 18.8 Å². The monoisotopic (exact) mass is 355 g/mol. The second-order valence-corrected chi connectivity index (χ2v) is 5.44. The van der Waals surface area contributed by atoms with E-state index in [0.717, 1.165) is 18.2 Å². The quantitative estimate of drug-likeness (QED) is 0.828. The van der Waals surface area contributed by atoms with Gasteiger partial charge in [-0.25, -0.2) is 4.79 Å². The summed E-state index contributed by atoms with van der Waals surface area (Å²) in [5.41, 5.74) is -4.55. The van der Waals surface area contributed by atoms with Gasteiger partial charge in [0.25, 0.3) is 5.91 Å². The molecule has 1 aromatic carbocycles. The summed E-state index contributed by atoms with van der Waals surface area (Å²) in [6.07, 6.45) is -12.4. The third-order valence-corrected chi connectivity index (χ3v) is 4.00. The topological polar surface area (TPSA) is 57.6 Å². The van der Waals surface area contributed by atoms with Crippen molar-refractivity contribution >= 4 is 11.9 Å². The second kappa shape index (κ2) is 5.67. The smallest absolute Gasteiger partial charge is 0.404 e. The molecule has 0 aromatic heterocycles. The van der Waals surface area contributed by atoms with E-state index >= 15 is 0 Å². The van der Waals surface area contributed by atoms with Crippen LogP contribution in [0.2, 0.25) is 0 Å². The summed E-state index contributed by atoms with van der Waals surface area (Å²) in [4.78, 5) is 23.4. The van der Waals surface area contributed by atoms with Gasteiger partial charge in [0.05, 0.1) is 5.56 Å². The maximum Gasteiger partial charge on any atom is 0.404 e. The van der Waals surface area contributed by atoms with Crippen LogP contribution in [0.25, 0.3) is 0 Å². The minimum atomic E-state index is -5.55. The van der Waals surface area contributed by atoms with Crippen molar-refractivity contribution in [2.24, 2.45) is 5.41 Å². The van der Waals surface area contributed by atoms with Crippen molar-refractivity contribution in [3.63, 3.8) is 0 Å². The van der Waals surface area contributed by atoms with Gasteiger partial charge in [0.1, 0.15) is 0 Å². The van der Waals surface area contributed by atoms with Crippen LogP contribution in [-0.2, 0) is 0 Å². The second-order valence-electron chi connectivity index (χ2n) is 5.44. The molecule has 4 nitrogen and oxygen atoms in total. The first kappa shape index (κ1) is 18.1. The lowest BCUT2D eigenvalue weighted by Crippen LogP contribution is -2.52. The Labute approximate surface area is 131 Å². The summed E-state index contributed by atoms with van der Waals surface area (Å²) in [6, 6.07) is 4.38. The Kier molecular flexibility index (Phi) is 4.28. The summed E-state index contributed by atoms with van der Waals surface area (Å²) >= 11 is 0. The molecular formula is C14H11F6NO3. The Morgan fingerprint density at radius 1 is 1.04 bits per heavy atom. The zero-order valence-corrected chi connectivity index (χ0v) is 11.9. The molecule has 1 fully saturated rings. The van der Waals surface area contributed by atoms with Gasteiger partial charge >= 0.3 is 18.3 Å². The number of rotatable bonds is 2. The first-order valence-electron chi connectivity index (χ1n) is 6.65. The summed E-state index contributed by atoms with van der Waals surface area (Å²) < 4.78 is 77.9. The molecule has 0 bridgehead atoms. The fourth-order valence-electron chi connectivity index (χ4n) is 2.57. The number of halogens is 6. The van der Waals surface area contributed by atoms with E-state index in [4.69, 9.17) is 5.11 Å². The third kappa shape index (κ3) is 2.92. The van der Waals surface area contributed by atoms with Gasteiger partial charge in [-0.3, -0.25) is 4.79 Å². The molecule has 1 aliphatic rings. The highest BCUT2D eigenvalue weighted by Crippen LogP contribution is 2.55. The van der Waals surface area contributed by atoms with E-state index in [-0.39, 0.29) is 11.1 Å². The number of likely N-dealkylation sites (tertiary alicyclic amines) is 1. The minimum Gasteiger partial charge on any atom is -0.478 e. The Morgan fingerprint density at radius 3 is 2.04 bits per heavy atom. The predicted octanol–water partition coefficient (Wildman–Crippen LogP) is 3.34. The van der Waals surface area contributed by atoms with Crippen LogP contribution in [0.3, 0.4) is 0 Å². The van der Waals surface area contributed by atoms with E-state index in [2.05, 4.69) is 0 Å². The predicted molar refractivity (Wildman–Crippen MR) is 68.5 cm³/mol. The van der Waals surface area contributed by atoms with E-state index in [1.165, 1.54) is 6.07 Å². The van der Waals surface area contributed by atoms with Crippen LogP contribution in [-0.4, -0.2) is 47.3 Å². The largest absolute Gasteiger partial charge is 0.478 e. The number of amides is 1. The van der Waals surface area contributed by atoms with Gasteiger partial charge in [-0.05, 0) is 24.6 Å². The molecule has 2 rings (SSSR count). The first-order chi connectivity index (χ1) is 10.9. The van der Waals surface area contributed by atoms with E-state index in [1.54, 1.807) is 0 Å². The molecule has 1 aliphatic heterocycles. The normalized spacial score (nSPS) is 17.8. The average molecular weight is 355 g/mol. The lowest BCUT2D eigenvalue weighted by atomic mass is 9.85. The molecule has 0 spiro atoms. The number of carboxylic acid groups (broad SMARTS) is 1. The standard InChI is InChI=1S/C14H11F6NO3/c15-13(16,17)12(14(18,19)20)4-5-21(7-12)10(22)8-2-1-3-9(6-8)11(23)24/h1-3,6H,4-5,7H2,(H,23,24). The molecule has 1 N–H and O–H groups in total. The van der Waals surface area contributed by atoms with Gasteiger partial charge in [-0.1, -0.05) is 6.07 Å². The van der Waals surface area contributed by atoms with Gasteiger partial charge in [-0.2, -0.15) is 26.3 Å². The maximum atomic E-state index is 13.0. The number of carbonyl (C=O) groups is 2. The summed E-state index contributed by atoms with van der Waals surface area (Å²) in [6.45, 7) is -2.27. The lowest BCUT2D eigenvalue weighted by molar-refractivity contribution is -0.334. The summed E-state index contributed by atoms with van der Waals surface area (Å²) in [5.74, 6) is -2.44. The van der Waals surface area contributed by atoms with Crippen LogP contribution >= 0.6 is 0 Å². The van der Waals surface area contributed by atoms with Crippen molar-refractivity contribution < 1.29 is 41.0 Å². The molecule has 10 heteroatoms. The van der Waals surface area contributed by atoms with Crippen LogP contribution in [0.1, 0.15) is 27.1 Å². The fraction of sp³-hybridized carbons (Fsp3) is 0.429. The minimum absolute atomic E-state index is 0.282. The Hall–Kier alpha value is -2.26. The molecule has 1 heterocycles. The van der Waals surface area contributed by atoms with Crippen molar-refractivity contribution in [1.82, 2.24) is 4.90 Å². The highest BCUT2D eigenvalue weighted by Gasteiger charge is 2.72. The van der Waals surface area contributed by atoms with Gasteiger partial charge in [0.15, 0.2) is 5.41 Å². The zero-order chi connectivity index (χ0) is 18.3. The number of aromatic carboxylic acids is 1. The van der Waals surface area contributed by atoms with Crippen LogP contribution < -0.4 is 0 Å². The van der Waals surface area contributed by atoms with Gasteiger partial charge in [-0.15, -0.1) is 0 Å². The van der Waals surface area contributed by atoms with E-state index in [1.807, 2.05) is 0 Å². The molecule has 1 saturated heterocycles. The molecule has 0 unspecified atom stereocenters. The average Bonchev–Trinajstić information content (AvgIpc) is 2.92. The molecule has 0 saturated carbocycles. The Morgan fingerprint density at radius 2 is 1.58 bits per heavy atom. The number of carbonyl (C=O) groups excluding carboxylic acids is 1. The molecule has 0 atom stereocenters. The van der Waals surface area contributed by atoms with Crippen molar-refractivity contribution in [1.29, 1.82) is 0 Å². The molecule has 24 heavy (non-hydrogen) atoms. The SMILES string of the molecule is O=C(O)c1cccc(C(=O)N2CCC(C(F)(F)F)(C(F)(F)F)C2)c1. The van der Waals surface area contributed by atoms with Crippen LogP contribution in [0, 0.1) is 5.41 Å². The van der Waals surface area contributed by atoms with Gasteiger partial charge in [0, 0.05) is 18.7 Å². The molecule has 0 radical (unpaired) electrons. The molecule has 132 valence electrons. The highest BCUT2D eigenvalue weighted by atomic mass is 19.4. The molecule has 1 amide bonds. The lowest BCUT2D eigenvalue weighted by Gasteiger charge is -2.33. The number of hydrogen-bond acceptors (Lipinski definition) is 2. The van der Waals surface area contributed by atoms with E-state index < -0.39 is 49.2 Å². The molecule has 0 aliphatic carbocycles. The van der Waals surface area contributed by atoms with Crippen LogP contribution in [0.5, 0.6) is 0 Å². The molecular weight excluding hydrogens is 344 g/mol. The van der Waals surface area contributed by atoms with Crippen molar-refractivity contribution in [2.75, 3.05) is 13.1 Å². The Balaban J connectivity index is 2.31. The first-order valence-corrected chi connectivity index (χ1v) is 6.65. The fourth-order valence-corrected chi connectivity index (χ4v) is 2.57. The number of hydrogen-bond donors (Lipinski definition) is 1. The van der Waals surface area contributed by atoms with Gasteiger partial charge in [0.2, 0.25) is 0 Å². The summed E-state index contributed by atoms with van der Waals surface area (Å²) in [7, 11) is 0. The van der Waals surface area contributed by atoms with E-state index in [0.29, 0.717) is 4.90 Å². The molecule has 1 aromatic rings. The third-order valence-electron chi connectivity index (χ3n) is 4.00. The van der Waals surface area contributed by atoms with Crippen molar-refractivity contribution in [3.8, 4) is 0 Å². The van der Waals surface area contributed by atoms with Crippen LogP contribution in [0.15, 0.2) is 24.3 Å². The maximum absolute atomic E-state index is 13.0. The van der Waals surface area contributed by atoms with Crippen molar-refractivity contribution in [3.05, 3.63) is 35.4 Å².